The van der Waals surface area contributed by atoms with Gasteiger partial charge in [0, 0.05) is 0 Å². The average molecular weight is 269 g/mol. The van der Waals surface area contributed by atoms with Gasteiger partial charge in [-0.3, -0.25) is 19.8 Å². The molecule has 0 aromatic rings. The second-order valence-electron chi connectivity index (χ2n) is 4.67. The summed E-state index contributed by atoms with van der Waals surface area (Å²) >= 11 is 0. The molecule has 0 atom stereocenters. The molecule has 8 nitrogen and oxygen atoms in total. The molecule has 104 valence electrons. The zero-order valence-corrected chi connectivity index (χ0v) is 10.3. The molecule has 3 N–H and O–H groups in total. The molecule has 1 aliphatic carbocycles. The van der Waals surface area contributed by atoms with E-state index in [0.29, 0.717) is 12.8 Å². The van der Waals surface area contributed by atoms with E-state index in [0.717, 1.165) is 17.7 Å². The highest BCUT2D eigenvalue weighted by atomic mass is 16.5. The number of hydrogen-bond donors (Lipinski definition) is 2. The van der Waals surface area contributed by atoms with E-state index < -0.39 is 29.4 Å². The van der Waals surface area contributed by atoms with Crippen LogP contribution in [0.2, 0.25) is 0 Å². The largest absolute Gasteiger partial charge is 0.448 e. The highest BCUT2D eigenvalue weighted by Gasteiger charge is 2.54. The number of primary amides is 1. The van der Waals surface area contributed by atoms with Crippen molar-refractivity contribution in [2.45, 2.75) is 25.7 Å². The normalized spacial score (nSPS) is 21.7. The lowest BCUT2D eigenvalue weighted by atomic mass is 9.82. The third-order valence-electron chi connectivity index (χ3n) is 3.57. The average Bonchev–Trinajstić information content (AvgIpc) is 2.82. The van der Waals surface area contributed by atoms with Gasteiger partial charge in [0.2, 0.25) is 11.8 Å². The highest BCUT2D eigenvalue weighted by molar-refractivity contribution is 6.19. The maximum absolute atomic E-state index is 12.3. The SMILES string of the molecule is NC(=O)OCCN1C(=O)NC(=O)C2(CCCC2)C1=O. The molecule has 0 aromatic heterocycles. The van der Waals surface area contributed by atoms with Crippen molar-refractivity contribution in [3.05, 3.63) is 0 Å². The molecule has 5 amide bonds. The van der Waals surface area contributed by atoms with Crippen molar-refractivity contribution in [2.75, 3.05) is 13.2 Å². The standard InChI is InChI=1S/C11H15N3O5/c12-9(17)19-6-5-14-8(16)11(3-1-2-4-11)7(15)13-10(14)18/h1-6H2,(H2,12,17)(H,13,15,18). The van der Waals surface area contributed by atoms with Gasteiger partial charge >= 0.3 is 12.1 Å². The summed E-state index contributed by atoms with van der Waals surface area (Å²) in [5.41, 5.74) is 3.67. The Balaban J connectivity index is 2.10. The van der Waals surface area contributed by atoms with Crippen molar-refractivity contribution >= 4 is 23.9 Å². The van der Waals surface area contributed by atoms with Crippen LogP contribution in [0.4, 0.5) is 9.59 Å². The number of imide groups is 2. The first-order valence-corrected chi connectivity index (χ1v) is 6.07. The number of carbonyl (C=O) groups is 4. The second kappa shape index (κ2) is 4.87. The maximum Gasteiger partial charge on any atom is 0.404 e. The van der Waals surface area contributed by atoms with E-state index in [1.54, 1.807) is 0 Å². The Morgan fingerprint density at radius 2 is 1.95 bits per heavy atom. The van der Waals surface area contributed by atoms with Crippen LogP contribution in [-0.2, 0) is 14.3 Å². The molecule has 0 bridgehead atoms. The minimum Gasteiger partial charge on any atom is -0.448 e. The Bertz CT molecular complexity index is 442. The second-order valence-corrected chi connectivity index (χ2v) is 4.67. The summed E-state index contributed by atoms with van der Waals surface area (Å²) in [6, 6.07) is -0.777. The quantitative estimate of drug-likeness (QED) is 0.683. The van der Waals surface area contributed by atoms with Gasteiger partial charge in [0.25, 0.3) is 0 Å². The monoisotopic (exact) mass is 269 g/mol. The fraction of sp³-hybridized carbons (Fsp3) is 0.636. The van der Waals surface area contributed by atoms with Crippen molar-refractivity contribution in [2.24, 2.45) is 11.1 Å². The molecular weight excluding hydrogens is 254 g/mol. The first-order valence-electron chi connectivity index (χ1n) is 6.07. The summed E-state index contributed by atoms with van der Waals surface area (Å²) in [4.78, 5) is 47.2. The Morgan fingerprint density at radius 1 is 1.32 bits per heavy atom. The van der Waals surface area contributed by atoms with Crippen LogP contribution in [0.3, 0.4) is 0 Å². The van der Waals surface area contributed by atoms with Gasteiger partial charge in [-0.25, -0.2) is 9.59 Å². The van der Waals surface area contributed by atoms with Gasteiger partial charge < -0.3 is 10.5 Å². The first-order chi connectivity index (χ1) is 8.97. The first kappa shape index (κ1) is 13.3. The van der Waals surface area contributed by atoms with E-state index in [4.69, 9.17) is 5.73 Å². The molecule has 0 unspecified atom stereocenters. The molecule has 1 spiro atoms. The van der Waals surface area contributed by atoms with Crippen molar-refractivity contribution in [1.29, 1.82) is 0 Å². The Morgan fingerprint density at radius 3 is 2.53 bits per heavy atom. The van der Waals surface area contributed by atoms with Crippen LogP contribution in [0.5, 0.6) is 0 Å². The Kier molecular flexibility index (Phi) is 3.41. The van der Waals surface area contributed by atoms with Crippen LogP contribution in [0, 0.1) is 5.41 Å². The number of hydrogen-bond acceptors (Lipinski definition) is 5. The molecule has 1 aliphatic heterocycles. The van der Waals surface area contributed by atoms with E-state index in [9.17, 15) is 19.2 Å². The number of rotatable bonds is 3. The minimum absolute atomic E-state index is 0.108. The third kappa shape index (κ3) is 2.25. The molecule has 1 saturated heterocycles. The molecule has 0 radical (unpaired) electrons. The summed E-state index contributed by atoms with van der Waals surface area (Å²) in [5, 5.41) is 2.19. The summed E-state index contributed by atoms with van der Waals surface area (Å²) in [6.45, 7) is -0.290. The number of amides is 5. The van der Waals surface area contributed by atoms with Crippen LogP contribution in [0.25, 0.3) is 0 Å². The van der Waals surface area contributed by atoms with Crippen molar-refractivity contribution < 1.29 is 23.9 Å². The van der Waals surface area contributed by atoms with Crippen LogP contribution in [-0.4, -0.2) is 42.0 Å². The molecule has 1 heterocycles. The zero-order valence-electron chi connectivity index (χ0n) is 10.3. The van der Waals surface area contributed by atoms with Crippen LogP contribution < -0.4 is 11.1 Å². The lowest BCUT2D eigenvalue weighted by Crippen LogP contribution is -2.63. The summed E-state index contributed by atoms with van der Waals surface area (Å²) in [7, 11) is 0. The van der Waals surface area contributed by atoms with E-state index in [1.165, 1.54) is 0 Å². The molecule has 1 saturated carbocycles. The predicted octanol–water partition coefficient (Wildman–Crippen LogP) is -0.280. The Labute approximate surface area is 109 Å². The van der Waals surface area contributed by atoms with Crippen molar-refractivity contribution in [1.82, 2.24) is 10.2 Å². The fourth-order valence-electron chi connectivity index (χ4n) is 2.59. The van der Waals surface area contributed by atoms with Gasteiger partial charge in [0.15, 0.2) is 0 Å². The summed E-state index contributed by atoms with van der Waals surface area (Å²) in [6.07, 6.45) is 1.46. The van der Waals surface area contributed by atoms with Gasteiger partial charge in [0.1, 0.15) is 12.0 Å². The van der Waals surface area contributed by atoms with Crippen molar-refractivity contribution in [3.63, 3.8) is 0 Å². The zero-order chi connectivity index (χ0) is 14.0. The van der Waals surface area contributed by atoms with Crippen molar-refractivity contribution in [3.8, 4) is 0 Å². The van der Waals surface area contributed by atoms with E-state index in [-0.39, 0.29) is 13.2 Å². The fourth-order valence-corrected chi connectivity index (χ4v) is 2.59. The predicted molar refractivity (Wildman–Crippen MR) is 61.7 cm³/mol. The molecule has 2 aliphatic rings. The van der Waals surface area contributed by atoms with Gasteiger partial charge in [-0.05, 0) is 12.8 Å². The smallest absolute Gasteiger partial charge is 0.404 e. The summed E-state index contributed by atoms with van der Waals surface area (Å²) in [5.74, 6) is -1.03. The van der Waals surface area contributed by atoms with Crippen LogP contribution in [0.1, 0.15) is 25.7 Å². The number of urea groups is 1. The number of barbiturate groups is 1. The number of nitrogens with zero attached hydrogens (tertiary/aromatic N) is 1. The number of carbonyl (C=O) groups excluding carboxylic acids is 4. The summed E-state index contributed by atoms with van der Waals surface area (Å²) < 4.78 is 4.50. The van der Waals surface area contributed by atoms with E-state index in [1.807, 2.05) is 0 Å². The number of nitrogens with two attached hydrogens (primary N) is 1. The lowest BCUT2D eigenvalue weighted by molar-refractivity contribution is -0.151. The molecule has 19 heavy (non-hydrogen) atoms. The Hall–Kier alpha value is -2.12. The number of nitrogens with one attached hydrogen (secondary N) is 1. The third-order valence-corrected chi connectivity index (χ3v) is 3.57. The van der Waals surface area contributed by atoms with Gasteiger partial charge in [-0.15, -0.1) is 0 Å². The van der Waals surface area contributed by atoms with Crippen LogP contribution in [0.15, 0.2) is 0 Å². The van der Waals surface area contributed by atoms with Gasteiger partial charge in [-0.1, -0.05) is 12.8 Å². The molecule has 2 fully saturated rings. The van der Waals surface area contributed by atoms with Gasteiger partial charge in [-0.2, -0.15) is 0 Å². The van der Waals surface area contributed by atoms with E-state index >= 15 is 0 Å². The molecular formula is C11H15N3O5. The molecule has 2 rings (SSSR count). The van der Waals surface area contributed by atoms with Crippen LogP contribution >= 0.6 is 0 Å². The minimum atomic E-state index is -1.12. The molecule has 8 heteroatoms. The molecule has 0 aromatic carbocycles. The lowest BCUT2D eigenvalue weighted by Gasteiger charge is -2.36. The maximum atomic E-state index is 12.3. The topological polar surface area (TPSA) is 119 Å². The van der Waals surface area contributed by atoms with E-state index in [2.05, 4.69) is 10.1 Å². The van der Waals surface area contributed by atoms with Gasteiger partial charge in [0.05, 0.1) is 6.54 Å². The highest BCUT2D eigenvalue weighted by Crippen LogP contribution is 2.41. The number of ether oxygens (including phenoxy) is 1.